The second kappa shape index (κ2) is 16.7. The first-order chi connectivity index (χ1) is 20.5. The van der Waals surface area contributed by atoms with E-state index in [1.54, 1.807) is 16.2 Å². The second-order valence-corrected chi connectivity index (χ2v) is 12.7. The molecule has 2 aromatic rings. The quantitative estimate of drug-likeness (QED) is 0.133. The zero-order valence-corrected chi connectivity index (χ0v) is 26.6. The molecule has 0 spiro atoms. The van der Waals surface area contributed by atoms with Gasteiger partial charge in [0.15, 0.2) is 0 Å². The number of hydrogen-bond acceptors (Lipinski definition) is 8. The van der Waals surface area contributed by atoms with Gasteiger partial charge >= 0.3 is 12.1 Å². The van der Waals surface area contributed by atoms with Gasteiger partial charge in [-0.2, -0.15) is 0 Å². The zero-order valence-electron chi connectivity index (χ0n) is 25.7. The molecule has 1 aromatic carbocycles. The summed E-state index contributed by atoms with van der Waals surface area (Å²) < 4.78 is 11.8. The van der Waals surface area contributed by atoms with Crippen molar-refractivity contribution >= 4 is 40.6 Å². The van der Waals surface area contributed by atoms with Crippen LogP contribution >= 0.6 is 11.3 Å². The van der Waals surface area contributed by atoms with Crippen molar-refractivity contribution in [2.24, 2.45) is 4.99 Å². The molecule has 4 rings (SSSR count). The Balaban J connectivity index is 1.31. The van der Waals surface area contributed by atoms with Gasteiger partial charge in [0.25, 0.3) is 0 Å². The van der Waals surface area contributed by atoms with Crippen molar-refractivity contribution in [3.8, 4) is 0 Å². The van der Waals surface area contributed by atoms with E-state index < -0.39 is 12.9 Å². The van der Waals surface area contributed by atoms with Crippen LogP contribution in [-0.4, -0.2) is 61.9 Å². The standard InChI is InChI=1S/C33H48N4O4S/c1-4-5-6-7-8-9-10-11-12-13-14-19-30(38)40-25-41-33(39)37-29-18-16-15-17-28(29)34-31-27(24-26(2)42-31)32(37)36-22-20-35(3)21-23-36/h15-18,24H,4-14,19-23,25H2,1-3H3. The summed E-state index contributed by atoms with van der Waals surface area (Å²) in [5.41, 5.74) is 1.36. The molecule has 8 nitrogen and oxygen atoms in total. The normalized spacial score (nSPS) is 15.1. The summed E-state index contributed by atoms with van der Waals surface area (Å²) in [5.74, 6) is 0.442. The van der Waals surface area contributed by atoms with Crippen LogP contribution in [0.4, 0.5) is 16.2 Å². The minimum absolute atomic E-state index is 0.330. The summed E-state index contributed by atoms with van der Waals surface area (Å²) in [7, 11) is 2.11. The van der Waals surface area contributed by atoms with Crippen molar-refractivity contribution in [3.63, 3.8) is 0 Å². The fourth-order valence-corrected chi connectivity index (χ4v) is 6.45. The van der Waals surface area contributed by atoms with Gasteiger partial charge in [-0.3, -0.25) is 4.79 Å². The van der Waals surface area contributed by atoms with Gasteiger partial charge in [0.05, 0.1) is 16.6 Å². The first-order valence-corrected chi connectivity index (χ1v) is 16.6. The largest absolute Gasteiger partial charge is 0.428 e. The van der Waals surface area contributed by atoms with Gasteiger partial charge in [-0.15, -0.1) is 11.3 Å². The van der Waals surface area contributed by atoms with E-state index in [-0.39, 0.29) is 5.97 Å². The maximum absolute atomic E-state index is 13.7. The van der Waals surface area contributed by atoms with Crippen LogP contribution < -0.4 is 14.8 Å². The fourth-order valence-electron chi connectivity index (χ4n) is 5.57. The number of esters is 1. The third-order valence-corrected chi connectivity index (χ3v) is 8.95. The summed E-state index contributed by atoms with van der Waals surface area (Å²) >= 11 is 1.62. The van der Waals surface area contributed by atoms with Crippen LogP contribution in [0.15, 0.2) is 35.3 Å². The lowest BCUT2D eigenvalue weighted by Crippen LogP contribution is -2.51. The molecule has 0 atom stereocenters. The van der Waals surface area contributed by atoms with E-state index in [2.05, 4.69) is 36.8 Å². The number of fused-ring (bicyclic) bond motifs is 2. The molecule has 42 heavy (non-hydrogen) atoms. The number of thiophene rings is 1. The monoisotopic (exact) mass is 596 g/mol. The molecule has 0 unspecified atom stereocenters. The van der Waals surface area contributed by atoms with E-state index in [4.69, 9.17) is 14.5 Å². The van der Waals surface area contributed by atoms with Crippen LogP contribution in [0.5, 0.6) is 0 Å². The third-order valence-electron chi connectivity index (χ3n) is 8.01. The van der Waals surface area contributed by atoms with Crippen molar-refractivity contribution in [1.29, 1.82) is 0 Å². The van der Waals surface area contributed by atoms with Gasteiger partial charge in [-0.25, -0.2) is 14.7 Å². The van der Waals surface area contributed by atoms with E-state index in [0.29, 0.717) is 17.8 Å². The molecule has 1 fully saturated rings. The topological polar surface area (TPSA) is 74.7 Å². The summed E-state index contributed by atoms with van der Waals surface area (Å²) in [4.78, 5) is 38.3. The smallest absolute Gasteiger partial charge is 0.423 e. The Morgan fingerprint density at radius 2 is 1.52 bits per heavy atom. The van der Waals surface area contributed by atoms with Crippen molar-refractivity contribution in [3.05, 3.63) is 45.1 Å². The number of ether oxygens (including phenoxy) is 2. The molecular formula is C33H48N4O4S. The Morgan fingerprint density at radius 1 is 0.881 bits per heavy atom. The SMILES string of the molecule is CCCCCCCCCCCCCC(=O)OCOC(=O)N1C(N2CCN(C)CC2)=c2cc(C)sc2=Nc2ccccc21. The molecule has 3 heterocycles. The predicted octanol–water partition coefficient (Wildman–Crippen LogP) is 6.48. The Bertz CT molecular complexity index is 1290. The number of anilines is 1. The van der Waals surface area contributed by atoms with Crippen molar-refractivity contribution < 1.29 is 19.1 Å². The maximum atomic E-state index is 13.7. The third kappa shape index (κ3) is 9.04. The van der Waals surface area contributed by atoms with Gasteiger partial charge < -0.3 is 19.3 Å². The molecule has 2 aliphatic heterocycles. The van der Waals surface area contributed by atoms with Crippen LogP contribution in [0.25, 0.3) is 5.82 Å². The van der Waals surface area contributed by atoms with Crippen LogP contribution in [0.3, 0.4) is 0 Å². The molecule has 0 N–H and O–H groups in total. The van der Waals surface area contributed by atoms with E-state index in [0.717, 1.165) is 66.0 Å². The number of likely N-dealkylation sites (N-methyl/N-ethyl adjacent to an activating group) is 1. The Hall–Kier alpha value is -2.91. The molecule has 1 aromatic heterocycles. The predicted molar refractivity (Wildman–Crippen MR) is 169 cm³/mol. The molecule has 2 aliphatic rings. The minimum Gasteiger partial charge on any atom is -0.428 e. The highest BCUT2D eigenvalue weighted by molar-refractivity contribution is 7.09. The van der Waals surface area contributed by atoms with Crippen LogP contribution in [0, 0.1) is 6.92 Å². The van der Waals surface area contributed by atoms with E-state index in [9.17, 15) is 9.59 Å². The minimum atomic E-state index is -0.578. The summed E-state index contributed by atoms with van der Waals surface area (Å²) in [5, 5.41) is 0.920. The highest BCUT2D eigenvalue weighted by Gasteiger charge is 2.32. The lowest BCUT2D eigenvalue weighted by atomic mass is 10.1. The molecule has 230 valence electrons. The Kier molecular flexibility index (Phi) is 12.7. The zero-order chi connectivity index (χ0) is 29.7. The summed E-state index contributed by atoms with van der Waals surface area (Å²) in [6, 6.07) is 9.71. The highest BCUT2D eigenvalue weighted by Crippen LogP contribution is 2.34. The van der Waals surface area contributed by atoms with Crippen molar-refractivity contribution in [2.45, 2.75) is 90.9 Å². The fraction of sp³-hybridized carbons (Fsp3) is 0.606. The average Bonchev–Trinajstić information content (AvgIpc) is 3.28. The van der Waals surface area contributed by atoms with Crippen molar-refractivity contribution in [2.75, 3.05) is 44.9 Å². The number of carbonyl (C=O) groups is 2. The summed E-state index contributed by atoms with van der Waals surface area (Å²) in [6.07, 6.45) is 13.2. The van der Waals surface area contributed by atoms with Crippen LogP contribution in [0.2, 0.25) is 0 Å². The van der Waals surface area contributed by atoms with Crippen molar-refractivity contribution in [1.82, 2.24) is 9.80 Å². The number of rotatable bonds is 15. The van der Waals surface area contributed by atoms with E-state index in [1.165, 1.54) is 51.4 Å². The van der Waals surface area contributed by atoms with E-state index in [1.807, 2.05) is 24.3 Å². The van der Waals surface area contributed by atoms with Gasteiger partial charge in [0, 0.05) is 37.5 Å². The lowest BCUT2D eigenvalue weighted by Gasteiger charge is -2.38. The number of nitrogens with zero attached hydrogens (tertiary/aromatic N) is 4. The molecule has 1 amide bonds. The number of para-hydroxylation sites is 2. The molecule has 0 bridgehead atoms. The molecule has 0 radical (unpaired) electrons. The molecule has 9 heteroatoms. The highest BCUT2D eigenvalue weighted by atomic mass is 32.1. The Morgan fingerprint density at radius 3 is 2.21 bits per heavy atom. The number of piperazine rings is 1. The first-order valence-electron chi connectivity index (χ1n) is 15.8. The van der Waals surface area contributed by atoms with Gasteiger partial charge in [0.2, 0.25) is 6.79 Å². The first kappa shape index (κ1) is 32.0. The molecule has 0 aliphatic carbocycles. The number of amides is 1. The molecule has 0 saturated carbocycles. The van der Waals surface area contributed by atoms with Gasteiger partial charge in [-0.1, -0.05) is 83.3 Å². The lowest BCUT2D eigenvalue weighted by molar-refractivity contribution is -0.151. The number of carbonyl (C=O) groups excluding carboxylic acids is 2. The number of hydrogen-bond donors (Lipinski definition) is 0. The number of unbranched alkanes of at least 4 members (excludes halogenated alkanes) is 10. The van der Waals surface area contributed by atoms with Gasteiger partial charge in [-0.05, 0) is 38.6 Å². The number of aryl methyl sites for hydroxylation is 1. The maximum Gasteiger partial charge on any atom is 0.423 e. The van der Waals surface area contributed by atoms with Gasteiger partial charge in [0.1, 0.15) is 10.5 Å². The van der Waals surface area contributed by atoms with Crippen LogP contribution in [0.1, 0.15) is 88.9 Å². The second-order valence-electron chi connectivity index (χ2n) is 11.5. The molecule has 1 saturated heterocycles. The van der Waals surface area contributed by atoms with Crippen LogP contribution in [-0.2, 0) is 14.3 Å². The average molecular weight is 597 g/mol. The summed E-state index contributed by atoms with van der Waals surface area (Å²) in [6.45, 7) is 7.23. The Labute approximate surface area is 255 Å². The number of benzene rings is 1. The van der Waals surface area contributed by atoms with E-state index >= 15 is 0 Å². The molecular weight excluding hydrogens is 548 g/mol.